The lowest BCUT2D eigenvalue weighted by atomic mass is 10.1. The van der Waals surface area contributed by atoms with Crippen LogP contribution in [0.1, 0.15) is 21.5 Å². The van der Waals surface area contributed by atoms with E-state index in [2.05, 4.69) is 21.2 Å². The van der Waals surface area contributed by atoms with Crippen LogP contribution in [0.3, 0.4) is 0 Å². The smallest absolute Gasteiger partial charge is 0.255 e. The van der Waals surface area contributed by atoms with Crippen molar-refractivity contribution in [3.05, 3.63) is 57.6 Å². The Morgan fingerprint density at radius 3 is 2.55 bits per heavy atom. The highest BCUT2D eigenvalue weighted by molar-refractivity contribution is 9.10. The SMILES string of the molecule is COc1ccc(Br)c(NC(=O)c2ccc(C)cc2C)c1. The third-order valence-electron chi connectivity index (χ3n) is 3.05. The minimum Gasteiger partial charge on any atom is -0.497 e. The zero-order valence-electron chi connectivity index (χ0n) is 11.7. The Kier molecular flexibility index (Phi) is 4.45. The molecule has 0 atom stereocenters. The van der Waals surface area contributed by atoms with E-state index < -0.39 is 0 Å². The number of hydrogen-bond donors (Lipinski definition) is 1. The second-order valence-electron chi connectivity index (χ2n) is 4.62. The molecule has 2 aromatic carbocycles. The molecule has 0 aliphatic rings. The van der Waals surface area contributed by atoms with Crippen LogP contribution in [0.25, 0.3) is 0 Å². The highest BCUT2D eigenvalue weighted by Gasteiger charge is 2.11. The molecule has 0 aliphatic heterocycles. The van der Waals surface area contributed by atoms with E-state index in [1.165, 1.54) is 0 Å². The quantitative estimate of drug-likeness (QED) is 0.907. The van der Waals surface area contributed by atoms with Gasteiger partial charge < -0.3 is 10.1 Å². The predicted molar refractivity (Wildman–Crippen MR) is 84.6 cm³/mol. The topological polar surface area (TPSA) is 38.3 Å². The molecule has 0 saturated carbocycles. The summed E-state index contributed by atoms with van der Waals surface area (Å²) in [5, 5.41) is 2.90. The molecule has 0 unspecified atom stereocenters. The summed E-state index contributed by atoms with van der Waals surface area (Å²) in [7, 11) is 1.60. The van der Waals surface area contributed by atoms with Gasteiger partial charge >= 0.3 is 0 Å². The van der Waals surface area contributed by atoms with Crippen LogP contribution >= 0.6 is 15.9 Å². The summed E-state index contributed by atoms with van der Waals surface area (Å²) < 4.78 is 5.98. The Morgan fingerprint density at radius 1 is 1.15 bits per heavy atom. The van der Waals surface area contributed by atoms with E-state index in [1.54, 1.807) is 13.2 Å². The highest BCUT2D eigenvalue weighted by atomic mass is 79.9. The summed E-state index contributed by atoms with van der Waals surface area (Å²) in [4.78, 5) is 12.3. The number of hydrogen-bond acceptors (Lipinski definition) is 2. The highest BCUT2D eigenvalue weighted by Crippen LogP contribution is 2.27. The molecule has 0 saturated heterocycles. The van der Waals surface area contributed by atoms with Gasteiger partial charge in [0.2, 0.25) is 0 Å². The van der Waals surface area contributed by atoms with Crippen molar-refractivity contribution in [2.24, 2.45) is 0 Å². The van der Waals surface area contributed by atoms with Crippen LogP contribution in [-0.4, -0.2) is 13.0 Å². The maximum atomic E-state index is 12.3. The molecule has 0 spiro atoms. The summed E-state index contributed by atoms with van der Waals surface area (Å²) in [5.74, 6) is 0.570. The number of anilines is 1. The van der Waals surface area contributed by atoms with Crippen molar-refractivity contribution in [3.8, 4) is 5.75 Å². The van der Waals surface area contributed by atoms with Gasteiger partial charge in [-0.3, -0.25) is 4.79 Å². The fourth-order valence-electron chi connectivity index (χ4n) is 1.99. The lowest BCUT2D eigenvalue weighted by Crippen LogP contribution is -2.13. The van der Waals surface area contributed by atoms with Crippen LogP contribution in [0.5, 0.6) is 5.75 Å². The Labute approximate surface area is 127 Å². The third-order valence-corrected chi connectivity index (χ3v) is 3.74. The fourth-order valence-corrected chi connectivity index (χ4v) is 2.33. The largest absolute Gasteiger partial charge is 0.497 e. The van der Waals surface area contributed by atoms with Gasteiger partial charge in [0.1, 0.15) is 5.75 Å². The number of benzene rings is 2. The number of amides is 1. The van der Waals surface area contributed by atoms with Gasteiger partial charge in [-0.15, -0.1) is 0 Å². The molecule has 0 aromatic heterocycles. The molecule has 4 heteroatoms. The van der Waals surface area contributed by atoms with Crippen molar-refractivity contribution in [1.29, 1.82) is 0 Å². The summed E-state index contributed by atoms with van der Waals surface area (Å²) in [6, 6.07) is 11.2. The zero-order valence-corrected chi connectivity index (χ0v) is 13.2. The molecule has 20 heavy (non-hydrogen) atoms. The van der Waals surface area contributed by atoms with Crippen LogP contribution < -0.4 is 10.1 Å². The number of ether oxygens (including phenoxy) is 1. The number of rotatable bonds is 3. The van der Waals surface area contributed by atoms with Crippen molar-refractivity contribution in [1.82, 2.24) is 0 Å². The minimum absolute atomic E-state index is 0.128. The molecule has 1 amide bonds. The molecule has 104 valence electrons. The van der Waals surface area contributed by atoms with E-state index in [9.17, 15) is 4.79 Å². The Bertz CT molecular complexity index is 653. The van der Waals surface area contributed by atoms with Crippen LogP contribution in [0.4, 0.5) is 5.69 Å². The first-order valence-corrected chi connectivity index (χ1v) is 7.02. The molecule has 0 radical (unpaired) electrons. The number of halogens is 1. The first-order chi connectivity index (χ1) is 9.51. The maximum Gasteiger partial charge on any atom is 0.255 e. The Balaban J connectivity index is 2.27. The van der Waals surface area contributed by atoms with E-state index in [-0.39, 0.29) is 5.91 Å². The molecule has 3 nitrogen and oxygen atoms in total. The summed E-state index contributed by atoms with van der Waals surface area (Å²) in [6.07, 6.45) is 0. The van der Waals surface area contributed by atoms with Crippen molar-refractivity contribution < 1.29 is 9.53 Å². The van der Waals surface area contributed by atoms with Gasteiger partial charge in [0, 0.05) is 16.1 Å². The van der Waals surface area contributed by atoms with Crippen LogP contribution in [-0.2, 0) is 0 Å². The molecule has 0 fully saturated rings. The summed E-state index contributed by atoms with van der Waals surface area (Å²) >= 11 is 3.42. The lowest BCUT2D eigenvalue weighted by molar-refractivity contribution is 0.102. The first-order valence-electron chi connectivity index (χ1n) is 6.23. The standard InChI is InChI=1S/C16H16BrNO2/c1-10-4-6-13(11(2)8-10)16(19)18-15-9-12(20-3)5-7-14(15)17/h4-9H,1-3H3,(H,18,19). The number of carbonyl (C=O) groups is 1. The second-order valence-corrected chi connectivity index (χ2v) is 5.47. The zero-order chi connectivity index (χ0) is 14.7. The van der Waals surface area contributed by atoms with E-state index in [4.69, 9.17) is 4.74 Å². The molecule has 2 aromatic rings. The molecular weight excluding hydrogens is 318 g/mol. The number of nitrogens with one attached hydrogen (secondary N) is 1. The molecular formula is C16H16BrNO2. The number of aryl methyl sites for hydroxylation is 2. The monoisotopic (exact) mass is 333 g/mol. The Morgan fingerprint density at radius 2 is 1.90 bits per heavy atom. The average Bonchev–Trinajstić information content (AvgIpc) is 2.41. The predicted octanol–water partition coefficient (Wildman–Crippen LogP) is 4.33. The first kappa shape index (κ1) is 14.6. The lowest BCUT2D eigenvalue weighted by Gasteiger charge is -2.11. The second kappa shape index (κ2) is 6.09. The van der Waals surface area contributed by atoms with Gasteiger partial charge in [0.25, 0.3) is 5.91 Å². The molecule has 2 rings (SSSR count). The van der Waals surface area contributed by atoms with Crippen LogP contribution in [0.2, 0.25) is 0 Å². The maximum absolute atomic E-state index is 12.3. The average molecular weight is 334 g/mol. The van der Waals surface area contributed by atoms with Crippen molar-refractivity contribution in [3.63, 3.8) is 0 Å². The van der Waals surface area contributed by atoms with Gasteiger partial charge in [0.05, 0.1) is 12.8 Å². The fraction of sp³-hybridized carbons (Fsp3) is 0.188. The van der Waals surface area contributed by atoms with Crippen molar-refractivity contribution >= 4 is 27.5 Å². The van der Waals surface area contributed by atoms with Gasteiger partial charge in [-0.05, 0) is 53.5 Å². The van der Waals surface area contributed by atoms with E-state index >= 15 is 0 Å². The van der Waals surface area contributed by atoms with Gasteiger partial charge in [-0.2, -0.15) is 0 Å². The van der Waals surface area contributed by atoms with E-state index in [0.29, 0.717) is 17.0 Å². The molecule has 0 aliphatic carbocycles. The van der Waals surface area contributed by atoms with E-state index in [1.807, 2.05) is 44.2 Å². The molecule has 0 bridgehead atoms. The number of methoxy groups -OCH3 is 1. The summed E-state index contributed by atoms with van der Waals surface area (Å²) in [6.45, 7) is 3.94. The Hall–Kier alpha value is -1.81. The minimum atomic E-state index is -0.128. The number of carbonyl (C=O) groups excluding carboxylic acids is 1. The summed E-state index contributed by atoms with van der Waals surface area (Å²) in [5.41, 5.74) is 3.46. The normalized spacial score (nSPS) is 10.2. The van der Waals surface area contributed by atoms with Gasteiger partial charge in [-0.1, -0.05) is 17.7 Å². The molecule has 1 N–H and O–H groups in total. The van der Waals surface area contributed by atoms with Crippen molar-refractivity contribution in [2.75, 3.05) is 12.4 Å². The third kappa shape index (κ3) is 3.20. The van der Waals surface area contributed by atoms with Crippen molar-refractivity contribution in [2.45, 2.75) is 13.8 Å². The van der Waals surface area contributed by atoms with E-state index in [0.717, 1.165) is 15.6 Å². The van der Waals surface area contributed by atoms with Crippen LogP contribution in [0, 0.1) is 13.8 Å². The van der Waals surface area contributed by atoms with Crippen LogP contribution in [0.15, 0.2) is 40.9 Å². The van der Waals surface area contributed by atoms with Gasteiger partial charge in [-0.25, -0.2) is 0 Å². The molecule has 0 heterocycles. The van der Waals surface area contributed by atoms with Gasteiger partial charge in [0.15, 0.2) is 0 Å².